The maximum atomic E-state index is 13.7. The summed E-state index contributed by atoms with van der Waals surface area (Å²) < 4.78 is 13.7. The van der Waals surface area contributed by atoms with Gasteiger partial charge in [-0.3, -0.25) is 4.79 Å². The number of urea groups is 1. The van der Waals surface area contributed by atoms with Crippen LogP contribution < -0.4 is 0 Å². The lowest BCUT2D eigenvalue weighted by Gasteiger charge is -2.31. The van der Waals surface area contributed by atoms with Crippen molar-refractivity contribution in [3.8, 4) is 0 Å². The van der Waals surface area contributed by atoms with E-state index in [4.69, 9.17) is 5.11 Å². The van der Waals surface area contributed by atoms with Crippen molar-refractivity contribution in [2.24, 2.45) is 11.8 Å². The quantitative estimate of drug-likeness (QED) is 0.875. The summed E-state index contributed by atoms with van der Waals surface area (Å²) in [6.45, 7) is 1.01. The second-order valence-electron chi connectivity index (χ2n) is 6.71. The molecule has 3 atom stereocenters. The zero-order valence-electron chi connectivity index (χ0n) is 13.9. The molecule has 24 heavy (non-hydrogen) atoms. The Kier molecular flexibility index (Phi) is 4.45. The topological polar surface area (TPSA) is 64.1 Å². The van der Waals surface area contributed by atoms with Gasteiger partial charge in [0, 0.05) is 45.6 Å². The summed E-state index contributed by atoms with van der Waals surface area (Å²) in [6.07, 6.45) is 0. The first-order valence-corrected chi connectivity index (χ1v) is 8.04. The predicted octanol–water partition coefficient (Wildman–Crippen LogP) is 0.931. The molecule has 0 saturated carbocycles. The highest BCUT2D eigenvalue weighted by Crippen LogP contribution is 2.45. The normalized spacial score (nSPS) is 25.8. The van der Waals surface area contributed by atoms with Crippen LogP contribution in [0, 0.1) is 17.7 Å². The van der Waals surface area contributed by atoms with Crippen LogP contribution in [0.1, 0.15) is 11.6 Å². The fourth-order valence-corrected chi connectivity index (χ4v) is 3.92. The lowest BCUT2D eigenvalue weighted by Crippen LogP contribution is -2.42. The Bertz CT molecular complexity index is 652. The van der Waals surface area contributed by atoms with Crippen molar-refractivity contribution >= 4 is 11.9 Å². The van der Waals surface area contributed by atoms with E-state index in [0.717, 1.165) is 5.56 Å². The first-order chi connectivity index (χ1) is 11.4. The fourth-order valence-electron chi connectivity index (χ4n) is 3.92. The minimum absolute atomic E-state index is 0.0474. The smallest absolute Gasteiger partial charge is 0.320 e. The van der Waals surface area contributed by atoms with Gasteiger partial charge in [-0.05, 0) is 17.7 Å². The van der Waals surface area contributed by atoms with Gasteiger partial charge in [0.2, 0.25) is 5.91 Å². The molecule has 0 bridgehead atoms. The van der Waals surface area contributed by atoms with Crippen molar-refractivity contribution in [3.05, 3.63) is 35.6 Å². The van der Waals surface area contributed by atoms with Gasteiger partial charge in [-0.2, -0.15) is 0 Å². The Labute approximate surface area is 140 Å². The van der Waals surface area contributed by atoms with Crippen LogP contribution in [0.25, 0.3) is 0 Å². The lowest BCUT2D eigenvalue weighted by atomic mass is 9.89. The van der Waals surface area contributed by atoms with E-state index in [9.17, 15) is 14.0 Å². The molecular weight excluding hydrogens is 313 g/mol. The Morgan fingerprint density at radius 2 is 2.04 bits per heavy atom. The second-order valence-corrected chi connectivity index (χ2v) is 6.71. The molecule has 1 aromatic rings. The summed E-state index contributed by atoms with van der Waals surface area (Å²) >= 11 is 0. The van der Waals surface area contributed by atoms with E-state index in [1.165, 1.54) is 17.0 Å². The Morgan fingerprint density at radius 1 is 1.29 bits per heavy atom. The molecule has 0 spiro atoms. The van der Waals surface area contributed by atoms with Crippen molar-refractivity contribution in [3.63, 3.8) is 0 Å². The lowest BCUT2D eigenvalue weighted by molar-refractivity contribution is -0.133. The van der Waals surface area contributed by atoms with Gasteiger partial charge in [0.1, 0.15) is 12.4 Å². The van der Waals surface area contributed by atoms with Gasteiger partial charge in [-0.15, -0.1) is 0 Å². The molecule has 6 nitrogen and oxygen atoms in total. The van der Waals surface area contributed by atoms with Crippen LogP contribution in [0.4, 0.5) is 9.18 Å². The predicted molar refractivity (Wildman–Crippen MR) is 85.6 cm³/mol. The fraction of sp³-hybridized carbons (Fsp3) is 0.529. The molecule has 0 aliphatic carbocycles. The number of hydrogen-bond acceptors (Lipinski definition) is 3. The minimum Gasteiger partial charge on any atom is -0.387 e. The van der Waals surface area contributed by atoms with E-state index in [1.807, 2.05) is 6.07 Å². The zero-order valence-corrected chi connectivity index (χ0v) is 13.9. The molecule has 0 unspecified atom stereocenters. The van der Waals surface area contributed by atoms with Gasteiger partial charge < -0.3 is 19.8 Å². The molecule has 7 heteroatoms. The van der Waals surface area contributed by atoms with Gasteiger partial charge in [0.05, 0.1) is 6.04 Å². The molecule has 3 amide bonds. The number of likely N-dealkylation sites (tertiary alicyclic amines) is 2. The Morgan fingerprint density at radius 3 is 2.67 bits per heavy atom. The van der Waals surface area contributed by atoms with Gasteiger partial charge in [0.25, 0.3) is 0 Å². The molecule has 0 radical (unpaired) electrons. The summed E-state index contributed by atoms with van der Waals surface area (Å²) in [7, 11) is 3.39. The number of aliphatic hydroxyl groups excluding tert-OH is 1. The van der Waals surface area contributed by atoms with E-state index in [2.05, 4.69) is 0 Å². The standard InChI is InChI=1S/C17H22FN3O3/c1-19(2)17(24)21-8-12-7-20(15(23)10-22)9-14(12)16(21)11-4-3-5-13(18)6-11/h3-6,12,14,16,22H,7-10H2,1-2H3/t12-,14-,16+/m1/s1. The first kappa shape index (κ1) is 16.7. The highest BCUT2D eigenvalue weighted by Gasteiger charge is 2.50. The van der Waals surface area contributed by atoms with Crippen LogP contribution in [-0.2, 0) is 4.79 Å². The maximum Gasteiger partial charge on any atom is 0.320 e. The molecule has 2 aliphatic heterocycles. The van der Waals surface area contributed by atoms with Crippen LogP contribution in [0.2, 0.25) is 0 Å². The van der Waals surface area contributed by atoms with Crippen molar-refractivity contribution < 1.29 is 19.1 Å². The molecule has 0 aromatic heterocycles. The molecular formula is C17H22FN3O3. The van der Waals surface area contributed by atoms with Crippen molar-refractivity contribution in [1.82, 2.24) is 14.7 Å². The average Bonchev–Trinajstić information content (AvgIpc) is 3.10. The zero-order chi connectivity index (χ0) is 17.4. The third-order valence-electron chi connectivity index (χ3n) is 4.97. The number of nitrogens with zero attached hydrogens (tertiary/aromatic N) is 3. The van der Waals surface area contributed by atoms with Crippen molar-refractivity contribution in [1.29, 1.82) is 0 Å². The Hall–Kier alpha value is -2.15. The molecule has 1 N–H and O–H groups in total. The van der Waals surface area contributed by atoms with Crippen LogP contribution >= 0.6 is 0 Å². The van der Waals surface area contributed by atoms with Gasteiger partial charge in [-0.25, -0.2) is 9.18 Å². The number of amides is 3. The highest BCUT2D eigenvalue weighted by molar-refractivity contribution is 5.78. The van der Waals surface area contributed by atoms with E-state index >= 15 is 0 Å². The van der Waals surface area contributed by atoms with Crippen LogP contribution in [0.15, 0.2) is 24.3 Å². The van der Waals surface area contributed by atoms with Crippen LogP contribution in [-0.4, -0.2) is 72.1 Å². The van der Waals surface area contributed by atoms with E-state index in [0.29, 0.717) is 19.6 Å². The summed E-state index contributed by atoms with van der Waals surface area (Å²) in [4.78, 5) is 29.3. The number of rotatable bonds is 2. The number of fused-ring (bicyclic) bond motifs is 1. The molecule has 2 heterocycles. The number of benzene rings is 1. The van der Waals surface area contributed by atoms with Gasteiger partial charge in [0.15, 0.2) is 0 Å². The average molecular weight is 335 g/mol. The van der Waals surface area contributed by atoms with Gasteiger partial charge >= 0.3 is 6.03 Å². The molecule has 2 fully saturated rings. The number of carbonyl (C=O) groups excluding carboxylic acids is 2. The van der Waals surface area contributed by atoms with Crippen molar-refractivity contribution in [2.45, 2.75) is 6.04 Å². The first-order valence-electron chi connectivity index (χ1n) is 8.04. The number of carbonyl (C=O) groups is 2. The molecule has 2 saturated heterocycles. The van der Waals surface area contributed by atoms with Crippen LogP contribution in [0.5, 0.6) is 0 Å². The molecule has 130 valence electrons. The maximum absolute atomic E-state index is 13.7. The summed E-state index contributed by atoms with van der Waals surface area (Å²) in [5.41, 5.74) is 0.746. The third kappa shape index (κ3) is 2.84. The molecule has 2 aliphatic rings. The monoisotopic (exact) mass is 335 g/mol. The number of hydrogen-bond donors (Lipinski definition) is 1. The third-order valence-corrected chi connectivity index (χ3v) is 4.97. The summed E-state index contributed by atoms with van der Waals surface area (Å²) in [5, 5.41) is 9.08. The van der Waals surface area contributed by atoms with E-state index in [1.54, 1.807) is 30.0 Å². The minimum atomic E-state index is -0.510. The number of aliphatic hydroxyl groups is 1. The highest BCUT2D eigenvalue weighted by atomic mass is 19.1. The van der Waals surface area contributed by atoms with Crippen LogP contribution in [0.3, 0.4) is 0 Å². The van der Waals surface area contributed by atoms with E-state index < -0.39 is 6.61 Å². The summed E-state index contributed by atoms with van der Waals surface area (Å²) in [6, 6.07) is 5.92. The second kappa shape index (κ2) is 6.39. The molecule has 1 aromatic carbocycles. The SMILES string of the molecule is CN(C)C(=O)N1C[C@H]2CN(C(=O)CO)C[C@H]2[C@@H]1c1cccc(F)c1. The number of halogens is 1. The van der Waals surface area contributed by atoms with E-state index in [-0.39, 0.29) is 35.6 Å². The summed E-state index contributed by atoms with van der Waals surface area (Å²) in [5.74, 6) is -0.453. The Balaban J connectivity index is 1.92. The van der Waals surface area contributed by atoms with Gasteiger partial charge in [-0.1, -0.05) is 12.1 Å². The molecule has 3 rings (SSSR count). The largest absolute Gasteiger partial charge is 0.387 e. The van der Waals surface area contributed by atoms with Crippen molar-refractivity contribution in [2.75, 3.05) is 40.3 Å².